The van der Waals surface area contributed by atoms with E-state index in [9.17, 15) is 9.59 Å². The van der Waals surface area contributed by atoms with Crippen LogP contribution in [0.5, 0.6) is 0 Å². The van der Waals surface area contributed by atoms with Gasteiger partial charge in [0.05, 0.1) is 5.92 Å². The van der Waals surface area contributed by atoms with Crippen LogP contribution in [-0.2, 0) is 9.59 Å². The van der Waals surface area contributed by atoms with Crippen LogP contribution in [0, 0.1) is 5.92 Å². The van der Waals surface area contributed by atoms with Gasteiger partial charge in [-0.05, 0) is 29.7 Å². The highest BCUT2D eigenvalue weighted by atomic mass is 79.9. The lowest BCUT2D eigenvalue weighted by molar-refractivity contribution is -0.123. The fraction of sp³-hybridized carbons (Fsp3) is 0.429. The van der Waals surface area contributed by atoms with Crippen molar-refractivity contribution in [3.8, 4) is 0 Å². The van der Waals surface area contributed by atoms with E-state index in [0.717, 1.165) is 15.7 Å². The summed E-state index contributed by atoms with van der Waals surface area (Å²) in [5.74, 6) is -0.102. The number of halogens is 1. The largest absolute Gasteiger partial charge is 0.355 e. The van der Waals surface area contributed by atoms with Gasteiger partial charge in [0.15, 0.2) is 0 Å². The van der Waals surface area contributed by atoms with Crippen LogP contribution in [-0.4, -0.2) is 18.4 Å². The maximum absolute atomic E-state index is 12.1. The summed E-state index contributed by atoms with van der Waals surface area (Å²) >= 11 is 3.44. The fourth-order valence-electron chi connectivity index (χ4n) is 2.15. The van der Waals surface area contributed by atoms with Crippen LogP contribution < -0.4 is 10.6 Å². The van der Waals surface area contributed by atoms with Crippen molar-refractivity contribution in [2.24, 2.45) is 5.92 Å². The molecule has 1 unspecified atom stereocenters. The molecule has 0 bridgehead atoms. The minimum atomic E-state index is -0.267. The van der Waals surface area contributed by atoms with E-state index in [0.29, 0.717) is 12.5 Å². The lowest BCUT2D eigenvalue weighted by Gasteiger charge is -2.16. The Labute approximate surface area is 121 Å². The average molecular weight is 325 g/mol. The van der Waals surface area contributed by atoms with Crippen molar-refractivity contribution in [3.05, 3.63) is 28.2 Å². The number of anilines is 1. The second-order valence-electron chi connectivity index (χ2n) is 5.08. The number of amides is 2. The first kappa shape index (κ1) is 14.1. The maximum atomic E-state index is 12.1. The third-order valence-electron chi connectivity index (χ3n) is 3.24. The van der Waals surface area contributed by atoms with Gasteiger partial charge < -0.3 is 10.6 Å². The van der Waals surface area contributed by atoms with E-state index >= 15 is 0 Å². The van der Waals surface area contributed by atoms with Gasteiger partial charge in [-0.25, -0.2) is 0 Å². The Morgan fingerprint density at radius 1 is 1.47 bits per heavy atom. The third kappa shape index (κ3) is 3.35. The summed E-state index contributed by atoms with van der Waals surface area (Å²) in [5.41, 5.74) is 1.91. The lowest BCUT2D eigenvalue weighted by Crippen LogP contribution is -2.25. The zero-order chi connectivity index (χ0) is 14.0. The molecule has 0 aliphatic carbocycles. The van der Waals surface area contributed by atoms with Crippen molar-refractivity contribution in [1.82, 2.24) is 5.32 Å². The Hall–Kier alpha value is -1.36. The zero-order valence-corrected chi connectivity index (χ0v) is 12.6. The number of rotatable bonds is 3. The molecule has 0 aromatic heterocycles. The Morgan fingerprint density at radius 2 is 2.21 bits per heavy atom. The highest BCUT2D eigenvalue weighted by Crippen LogP contribution is 2.28. The van der Waals surface area contributed by atoms with E-state index in [1.165, 1.54) is 0 Å². The number of carbonyl (C=O) groups is 2. The molecule has 0 spiro atoms. The molecule has 2 N–H and O–H groups in total. The van der Waals surface area contributed by atoms with Gasteiger partial charge >= 0.3 is 0 Å². The van der Waals surface area contributed by atoms with Crippen molar-refractivity contribution >= 4 is 33.4 Å². The maximum Gasteiger partial charge on any atom is 0.229 e. The van der Waals surface area contributed by atoms with E-state index in [-0.39, 0.29) is 24.2 Å². The first-order valence-corrected chi connectivity index (χ1v) is 7.13. The predicted octanol–water partition coefficient (Wildman–Crippen LogP) is 2.65. The van der Waals surface area contributed by atoms with Crippen molar-refractivity contribution in [2.45, 2.75) is 26.2 Å². The van der Waals surface area contributed by atoms with Crippen LogP contribution in [0.3, 0.4) is 0 Å². The second kappa shape index (κ2) is 5.74. The Morgan fingerprint density at radius 3 is 2.79 bits per heavy atom. The molecule has 5 heteroatoms. The normalized spacial score (nSPS) is 18.5. The minimum absolute atomic E-state index is 0.0555. The first-order valence-electron chi connectivity index (χ1n) is 6.34. The summed E-state index contributed by atoms with van der Waals surface area (Å²) in [4.78, 5) is 23.2. The van der Waals surface area contributed by atoms with Gasteiger partial charge in [0, 0.05) is 23.1 Å². The summed E-state index contributed by atoms with van der Waals surface area (Å²) in [7, 11) is 0. The number of carbonyl (C=O) groups excluding carboxylic acids is 2. The van der Waals surface area contributed by atoms with Crippen LogP contribution in [0.2, 0.25) is 0 Å². The van der Waals surface area contributed by atoms with Gasteiger partial charge in [0.2, 0.25) is 11.8 Å². The van der Waals surface area contributed by atoms with Gasteiger partial charge in [-0.3, -0.25) is 9.59 Å². The summed E-state index contributed by atoms with van der Waals surface area (Å²) in [6.45, 7) is 4.59. The van der Waals surface area contributed by atoms with Gasteiger partial charge in [-0.2, -0.15) is 0 Å². The molecule has 1 saturated heterocycles. The van der Waals surface area contributed by atoms with Gasteiger partial charge in [-0.15, -0.1) is 0 Å². The van der Waals surface area contributed by atoms with Gasteiger partial charge in [-0.1, -0.05) is 29.8 Å². The van der Waals surface area contributed by atoms with E-state index < -0.39 is 0 Å². The zero-order valence-electron chi connectivity index (χ0n) is 11.0. The fourth-order valence-corrected chi connectivity index (χ4v) is 2.53. The summed E-state index contributed by atoms with van der Waals surface area (Å²) in [6.07, 6.45) is 0.277. The Balaban J connectivity index is 2.14. The minimum Gasteiger partial charge on any atom is -0.355 e. The van der Waals surface area contributed by atoms with Crippen LogP contribution >= 0.6 is 15.9 Å². The molecule has 19 heavy (non-hydrogen) atoms. The Bertz CT molecular complexity index is 514. The molecule has 1 aliphatic heterocycles. The molecule has 1 aromatic carbocycles. The Kier molecular flexibility index (Phi) is 4.24. The number of nitrogens with one attached hydrogen (secondary N) is 2. The number of benzene rings is 1. The topological polar surface area (TPSA) is 58.2 Å². The predicted molar refractivity (Wildman–Crippen MR) is 78.0 cm³/mol. The molecule has 1 aromatic rings. The molecular formula is C14H17BrN2O2. The molecule has 0 radical (unpaired) electrons. The highest BCUT2D eigenvalue weighted by Gasteiger charge is 2.28. The smallest absolute Gasteiger partial charge is 0.229 e. The van der Waals surface area contributed by atoms with Crippen molar-refractivity contribution in [1.29, 1.82) is 0 Å². The second-order valence-corrected chi connectivity index (χ2v) is 6.00. The van der Waals surface area contributed by atoms with E-state index in [4.69, 9.17) is 0 Å². The quantitative estimate of drug-likeness (QED) is 0.898. The van der Waals surface area contributed by atoms with E-state index in [2.05, 4.69) is 40.4 Å². The van der Waals surface area contributed by atoms with Gasteiger partial charge in [0.1, 0.15) is 0 Å². The van der Waals surface area contributed by atoms with E-state index in [1.807, 2.05) is 18.2 Å². The van der Waals surface area contributed by atoms with Crippen LogP contribution in [0.25, 0.3) is 0 Å². The molecule has 1 aliphatic rings. The molecule has 2 amide bonds. The van der Waals surface area contributed by atoms with Crippen LogP contribution in [0.15, 0.2) is 22.7 Å². The molecule has 1 heterocycles. The first-order chi connectivity index (χ1) is 8.97. The summed E-state index contributed by atoms with van der Waals surface area (Å²) in [5, 5.41) is 5.61. The standard InChI is InChI=1S/C14H17BrN2O2/c1-8(2)11-6-10(15)3-4-12(11)17-14(19)9-5-13(18)16-7-9/h3-4,6,8-9H,5,7H2,1-2H3,(H,16,18)(H,17,19). The van der Waals surface area contributed by atoms with E-state index in [1.54, 1.807) is 0 Å². The van der Waals surface area contributed by atoms with Crippen molar-refractivity contribution < 1.29 is 9.59 Å². The molecular weight excluding hydrogens is 308 g/mol. The van der Waals surface area contributed by atoms with Crippen molar-refractivity contribution in [2.75, 3.05) is 11.9 Å². The molecule has 1 fully saturated rings. The highest BCUT2D eigenvalue weighted by molar-refractivity contribution is 9.10. The number of hydrogen-bond acceptors (Lipinski definition) is 2. The molecule has 1 atom stereocenters. The van der Waals surface area contributed by atoms with Gasteiger partial charge in [0.25, 0.3) is 0 Å². The summed E-state index contributed by atoms with van der Waals surface area (Å²) < 4.78 is 0.993. The van der Waals surface area contributed by atoms with Crippen LogP contribution in [0.4, 0.5) is 5.69 Å². The summed E-state index contributed by atoms with van der Waals surface area (Å²) in [6, 6.07) is 5.80. The lowest BCUT2D eigenvalue weighted by atomic mass is 10.0. The SMILES string of the molecule is CC(C)c1cc(Br)ccc1NC(=O)C1CNC(=O)C1. The molecule has 2 rings (SSSR count). The molecule has 102 valence electrons. The third-order valence-corrected chi connectivity index (χ3v) is 3.73. The van der Waals surface area contributed by atoms with Crippen molar-refractivity contribution in [3.63, 3.8) is 0 Å². The average Bonchev–Trinajstić information content (AvgIpc) is 2.78. The molecule has 4 nitrogen and oxygen atoms in total. The molecule has 0 saturated carbocycles. The van der Waals surface area contributed by atoms with Crippen LogP contribution in [0.1, 0.15) is 31.7 Å². The monoisotopic (exact) mass is 324 g/mol. The number of hydrogen-bond donors (Lipinski definition) is 2.